The Balaban J connectivity index is 4.37. The maximum Gasteiger partial charge on any atom is 0.472 e. The number of phosphoric ester groups is 1. The van der Waals surface area contributed by atoms with Crippen LogP contribution in [0.15, 0.2) is 60.8 Å². The molecule has 63 heavy (non-hydrogen) atoms. The molecule has 0 bridgehead atoms. The Kier molecular flexibility index (Phi) is 41.9. The molecule has 0 saturated heterocycles. The lowest BCUT2D eigenvalue weighted by Crippen LogP contribution is -2.37. The number of ether oxygens (including phenoxy) is 2. The first-order valence-corrected chi connectivity index (χ1v) is 26.6. The summed E-state index contributed by atoms with van der Waals surface area (Å²) in [6.45, 7) is 4.17. The van der Waals surface area contributed by atoms with Crippen LogP contribution in [0.4, 0.5) is 0 Å². The highest BCUT2D eigenvalue weighted by Crippen LogP contribution is 2.43. The third kappa shape index (κ3) is 47.5. The normalized spacial score (nSPS) is 14.5. The van der Waals surface area contributed by atoms with E-state index in [4.69, 9.17) is 18.5 Å². The van der Waals surface area contributed by atoms with Crippen molar-refractivity contribution in [2.24, 2.45) is 0 Å². The number of rotatable bonds is 45. The van der Waals surface area contributed by atoms with Crippen LogP contribution in [-0.2, 0) is 32.7 Å². The molecule has 0 aliphatic rings. The predicted octanol–water partition coefficient (Wildman–Crippen LogP) is 13.8. The summed E-state index contributed by atoms with van der Waals surface area (Å²) < 4.78 is 34.3. The van der Waals surface area contributed by atoms with E-state index in [1.165, 1.54) is 116 Å². The van der Waals surface area contributed by atoms with E-state index in [9.17, 15) is 24.2 Å². The Labute approximate surface area is 386 Å². The minimum absolute atomic E-state index is 0.00873. The van der Waals surface area contributed by atoms with E-state index in [1.54, 1.807) is 6.08 Å². The molecule has 0 aliphatic carbocycles. The maximum atomic E-state index is 12.7. The number of hydrogen-bond donors (Lipinski definition) is 2. The van der Waals surface area contributed by atoms with Crippen molar-refractivity contribution < 1.29 is 47.2 Å². The summed E-state index contributed by atoms with van der Waals surface area (Å²) in [5.74, 6) is -0.902. The van der Waals surface area contributed by atoms with Crippen molar-refractivity contribution in [1.29, 1.82) is 0 Å². The minimum Gasteiger partial charge on any atom is -0.462 e. The predicted molar refractivity (Wildman–Crippen MR) is 262 cm³/mol. The number of hydrogen-bond acceptors (Lipinski definition) is 8. The third-order valence-electron chi connectivity index (χ3n) is 10.6. The number of unbranched alkanes of at least 4 members (excludes halogenated alkanes) is 21. The Morgan fingerprint density at radius 1 is 0.587 bits per heavy atom. The van der Waals surface area contributed by atoms with Crippen molar-refractivity contribution >= 4 is 19.8 Å². The zero-order chi connectivity index (χ0) is 46.5. The smallest absolute Gasteiger partial charge is 0.462 e. The van der Waals surface area contributed by atoms with E-state index in [1.807, 2.05) is 57.6 Å². The molecular formula is C52H95NO9P+. The molecule has 0 aromatic heterocycles. The molecule has 2 N–H and O–H groups in total. The summed E-state index contributed by atoms with van der Waals surface area (Å²) in [7, 11) is 1.40. The van der Waals surface area contributed by atoms with E-state index in [2.05, 4.69) is 32.1 Å². The van der Waals surface area contributed by atoms with Crippen LogP contribution < -0.4 is 0 Å². The quantitative estimate of drug-likeness (QED) is 0.0153. The molecule has 10 nitrogen and oxygen atoms in total. The maximum absolute atomic E-state index is 12.7. The first-order valence-electron chi connectivity index (χ1n) is 25.1. The van der Waals surface area contributed by atoms with Crippen molar-refractivity contribution in [3.63, 3.8) is 0 Å². The van der Waals surface area contributed by atoms with E-state index in [0.29, 0.717) is 30.3 Å². The monoisotopic (exact) mass is 909 g/mol. The molecule has 0 rings (SSSR count). The Morgan fingerprint density at radius 2 is 1.10 bits per heavy atom. The van der Waals surface area contributed by atoms with E-state index >= 15 is 0 Å². The molecule has 2 unspecified atom stereocenters. The van der Waals surface area contributed by atoms with Crippen molar-refractivity contribution in [2.75, 3.05) is 47.5 Å². The summed E-state index contributed by atoms with van der Waals surface area (Å²) in [5, 5.41) is 10.0. The molecule has 0 aliphatic heterocycles. The van der Waals surface area contributed by atoms with Gasteiger partial charge in [-0.3, -0.25) is 18.6 Å². The molecule has 0 aromatic carbocycles. The minimum atomic E-state index is -4.41. The fourth-order valence-electron chi connectivity index (χ4n) is 6.72. The molecule has 0 heterocycles. The van der Waals surface area contributed by atoms with Gasteiger partial charge >= 0.3 is 19.8 Å². The molecule has 0 amide bonds. The molecule has 11 heteroatoms. The number of nitrogens with zero attached hydrogens (tertiary/aromatic N) is 1. The summed E-state index contributed by atoms with van der Waals surface area (Å²) in [6, 6.07) is 0. The number of allylic oxidation sites excluding steroid dienone is 8. The molecule has 0 aromatic rings. The summed E-state index contributed by atoms with van der Waals surface area (Å²) >= 11 is 0. The largest absolute Gasteiger partial charge is 0.472 e. The number of quaternary nitrogens is 1. The van der Waals surface area contributed by atoms with E-state index in [0.717, 1.165) is 38.5 Å². The lowest BCUT2D eigenvalue weighted by atomic mass is 10.0. The Bertz CT molecular complexity index is 1270. The highest BCUT2D eigenvalue weighted by Gasteiger charge is 2.27. The van der Waals surface area contributed by atoms with Crippen LogP contribution in [0.5, 0.6) is 0 Å². The SMILES string of the molecule is CC/C=C\C/C=C\CC(O)/C=C/C=C\C/C=C\CCCC(=O)O[C@H](COC(=O)CCCCCCCCCCCCCCCCCCCCCCC)COP(=O)(O)OCC[N+](C)(C)C. The average molecular weight is 909 g/mol. The van der Waals surface area contributed by atoms with Crippen molar-refractivity contribution in [2.45, 2.75) is 212 Å². The van der Waals surface area contributed by atoms with Gasteiger partial charge in [0.2, 0.25) is 0 Å². The molecule has 0 saturated carbocycles. The second-order valence-corrected chi connectivity index (χ2v) is 19.5. The molecule has 0 radical (unpaired) electrons. The van der Waals surface area contributed by atoms with Gasteiger partial charge in [0.1, 0.15) is 19.8 Å². The first kappa shape index (κ1) is 60.7. The van der Waals surface area contributed by atoms with Gasteiger partial charge in [0.15, 0.2) is 6.10 Å². The van der Waals surface area contributed by atoms with E-state index < -0.39 is 38.6 Å². The molecular weight excluding hydrogens is 814 g/mol. The Morgan fingerprint density at radius 3 is 1.65 bits per heavy atom. The number of aliphatic hydroxyl groups is 1. The van der Waals surface area contributed by atoms with Gasteiger partial charge in [-0.05, 0) is 44.9 Å². The van der Waals surface area contributed by atoms with Gasteiger partial charge in [-0.2, -0.15) is 0 Å². The zero-order valence-electron chi connectivity index (χ0n) is 40.9. The average Bonchev–Trinajstić information content (AvgIpc) is 3.23. The summed E-state index contributed by atoms with van der Waals surface area (Å²) in [4.78, 5) is 35.5. The second kappa shape index (κ2) is 43.6. The van der Waals surface area contributed by atoms with Gasteiger partial charge in [0.05, 0.1) is 33.9 Å². The van der Waals surface area contributed by atoms with Crippen molar-refractivity contribution in [3.05, 3.63) is 60.8 Å². The summed E-state index contributed by atoms with van der Waals surface area (Å²) in [6.07, 6.45) is 50.3. The highest BCUT2D eigenvalue weighted by molar-refractivity contribution is 7.47. The van der Waals surface area contributed by atoms with Crippen molar-refractivity contribution in [1.82, 2.24) is 0 Å². The number of carbonyl (C=O) groups is 2. The molecule has 0 spiro atoms. The van der Waals surface area contributed by atoms with Crippen LogP contribution in [0.1, 0.15) is 200 Å². The fourth-order valence-corrected chi connectivity index (χ4v) is 7.46. The topological polar surface area (TPSA) is 129 Å². The van der Waals surface area contributed by atoms with Gasteiger partial charge in [0.25, 0.3) is 0 Å². The van der Waals surface area contributed by atoms with Gasteiger partial charge in [0, 0.05) is 12.8 Å². The van der Waals surface area contributed by atoms with Crippen LogP contribution in [0.25, 0.3) is 0 Å². The Hall–Kier alpha value is -2.33. The van der Waals surface area contributed by atoms with Gasteiger partial charge in [-0.1, -0.05) is 203 Å². The van der Waals surface area contributed by atoms with Crippen LogP contribution >= 0.6 is 7.82 Å². The molecule has 366 valence electrons. The lowest BCUT2D eigenvalue weighted by molar-refractivity contribution is -0.870. The van der Waals surface area contributed by atoms with Crippen LogP contribution in [0.3, 0.4) is 0 Å². The van der Waals surface area contributed by atoms with Crippen LogP contribution in [-0.4, -0.2) is 86.1 Å². The second-order valence-electron chi connectivity index (χ2n) is 18.0. The number of esters is 2. The third-order valence-corrected chi connectivity index (χ3v) is 11.6. The van der Waals surface area contributed by atoms with Crippen LogP contribution in [0.2, 0.25) is 0 Å². The molecule has 3 atom stereocenters. The molecule has 0 fully saturated rings. The fraction of sp³-hybridized carbons (Fsp3) is 0.769. The highest BCUT2D eigenvalue weighted by atomic mass is 31.2. The lowest BCUT2D eigenvalue weighted by Gasteiger charge is -2.24. The van der Waals surface area contributed by atoms with Crippen molar-refractivity contribution in [3.8, 4) is 0 Å². The number of phosphoric acid groups is 1. The standard InChI is InChI=1S/C52H94NO9P/c1-6-8-10-12-14-15-16-17-18-19-20-21-22-23-24-25-26-27-31-35-39-43-51(55)59-47-50(48-61-63(57,58)60-46-45-53(3,4)5)62-52(56)44-40-36-32-29-28-30-34-38-42-49(54)41-37-33-13-11-9-7-2/h9,11,29-30,32-34,37-38,42,49-50,54H,6-8,10,12-28,31,35-36,39-41,43-48H2,1-5H3/p+1/b11-9-,32-29-,34-30-,37-33-,42-38+/t49?,50-/m1/s1. The number of aliphatic hydroxyl groups excluding tert-OH is 1. The van der Waals surface area contributed by atoms with E-state index in [-0.39, 0.29) is 26.1 Å². The zero-order valence-corrected chi connectivity index (χ0v) is 41.8. The number of carbonyl (C=O) groups excluding carboxylic acids is 2. The van der Waals surface area contributed by atoms with Gasteiger partial charge in [-0.15, -0.1) is 0 Å². The van der Waals surface area contributed by atoms with Crippen LogP contribution in [0, 0.1) is 0 Å². The van der Waals surface area contributed by atoms with Gasteiger partial charge < -0.3 is 24.0 Å². The first-order chi connectivity index (χ1) is 30.4. The van der Waals surface area contributed by atoms with Gasteiger partial charge in [-0.25, -0.2) is 4.57 Å². The number of likely N-dealkylation sites (N-methyl/N-ethyl adjacent to an activating group) is 1. The summed E-state index contributed by atoms with van der Waals surface area (Å²) in [5.41, 5.74) is 0.